The average Bonchev–Trinajstić information content (AvgIpc) is 3.29. The molecule has 0 aliphatic carbocycles. The van der Waals surface area contributed by atoms with Crippen LogP contribution in [0, 0.1) is 6.92 Å². The number of aromatic nitrogens is 2. The topological polar surface area (TPSA) is 72.7 Å². The monoisotopic (exact) mass is 483 g/mol. The predicted molar refractivity (Wildman–Crippen MR) is 121 cm³/mol. The van der Waals surface area contributed by atoms with Gasteiger partial charge in [-0.2, -0.15) is 0 Å². The van der Waals surface area contributed by atoms with Crippen molar-refractivity contribution in [3.05, 3.63) is 81.0 Å². The van der Waals surface area contributed by atoms with E-state index in [9.17, 15) is 9.59 Å². The number of nitrogens with zero attached hydrogens (tertiary/aromatic N) is 2. The Kier molecular flexibility index (Phi) is 5.69. The van der Waals surface area contributed by atoms with Gasteiger partial charge in [-0.05, 0) is 59.6 Å². The molecule has 0 saturated heterocycles. The highest BCUT2D eigenvalue weighted by molar-refractivity contribution is 9.10. The van der Waals surface area contributed by atoms with Crippen LogP contribution >= 0.6 is 27.3 Å². The van der Waals surface area contributed by atoms with Gasteiger partial charge in [0, 0.05) is 16.4 Å². The van der Waals surface area contributed by atoms with E-state index in [1.54, 1.807) is 30.6 Å². The zero-order valence-electron chi connectivity index (χ0n) is 16.3. The summed E-state index contributed by atoms with van der Waals surface area (Å²) < 4.78 is 7.82. The fourth-order valence-corrected chi connectivity index (χ4v) is 4.66. The molecule has 0 unspecified atom stereocenters. The zero-order chi connectivity index (χ0) is 21.3. The molecule has 0 saturated carbocycles. The maximum atomic E-state index is 13.4. The van der Waals surface area contributed by atoms with Gasteiger partial charge in [0.1, 0.15) is 16.3 Å². The van der Waals surface area contributed by atoms with E-state index in [-0.39, 0.29) is 12.4 Å². The normalized spacial score (nSPS) is 10.9. The van der Waals surface area contributed by atoms with Crippen molar-refractivity contribution in [2.45, 2.75) is 13.8 Å². The second kappa shape index (κ2) is 8.41. The second-order valence-electron chi connectivity index (χ2n) is 6.52. The Hall–Kier alpha value is -2.97. The van der Waals surface area contributed by atoms with Gasteiger partial charge in [-0.1, -0.05) is 18.2 Å². The summed E-state index contributed by atoms with van der Waals surface area (Å²) in [7, 11) is 0. The number of para-hydroxylation sites is 1. The number of halogens is 1. The lowest BCUT2D eigenvalue weighted by Crippen LogP contribution is -2.09. The zero-order valence-corrected chi connectivity index (χ0v) is 18.7. The number of thiophene rings is 1. The van der Waals surface area contributed by atoms with Crippen LogP contribution in [0.2, 0.25) is 0 Å². The first-order valence-electron chi connectivity index (χ1n) is 9.29. The Labute approximate surface area is 185 Å². The summed E-state index contributed by atoms with van der Waals surface area (Å²) in [5.41, 5.74) is 2.89. The predicted octanol–water partition coefficient (Wildman–Crippen LogP) is 5.62. The minimum Gasteiger partial charge on any atom is -0.462 e. The van der Waals surface area contributed by atoms with Crippen LogP contribution in [0.15, 0.2) is 59.3 Å². The molecule has 6 nitrogen and oxygen atoms in total. The quantitative estimate of drug-likeness (QED) is 0.284. The van der Waals surface area contributed by atoms with Crippen LogP contribution in [0.25, 0.3) is 5.65 Å². The minimum absolute atomic E-state index is 0.199. The molecule has 3 heterocycles. The van der Waals surface area contributed by atoms with Crippen molar-refractivity contribution >= 4 is 55.4 Å². The fraction of sp³-hybridized carbons (Fsp3) is 0.136. The lowest BCUT2D eigenvalue weighted by molar-refractivity contribution is 0.0527. The first-order valence-corrected chi connectivity index (χ1v) is 10.9. The van der Waals surface area contributed by atoms with E-state index in [1.165, 1.54) is 11.3 Å². The van der Waals surface area contributed by atoms with Gasteiger partial charge in [0.05, 0.1) is 23.2 Å². The van der Waals surface area contributed by atoms with E-state index in [0.717, 1.165) is 10.2 Å². The van der Waals surface area contributed by atoms with E-state index >= 15 is 0 Å². The number of hydrogen-bond acceptors (Lipinski definition) is 6. The van der Waals surface area contributed by atoms with Gasteiger partial charge in [0.15, 0.2) is 0 Å². The number of carbonyl (C=O) groups is 2. The maximum Gasteiger partial charge on any atom is 0.341 e. The number of ether oxygens (including phenoxy) is 1. The number of anilines is 2. The molecule has 0 spiro atoms. The largest absolute Gasteiger partial charge is 0.462 e. The number of imidazole rings is 1. The number of nitrogens with one attached hydrogen (secondary N) is 1. The van der Waals surface area contributed by atoms with E-state index in [1.807, 2.05) is 42.5 Å². The van der Waals surface area contributed by atoms with E-state index in [4.69, 9.17) is 4.74 Å². The molecule has 0 bridgehead atoms. The number of fused-ring (bicyclic) bond motifs is 1. The van der Waals surface area contributed by atoms with E-state index in [0.29, 0.717) is 32.3 Å². The van der Waals surface area contributed by atoms with Crippen LogP contribution in [0.1, 0.15) is 38.2 Å². The van der Waals surface area contributed by atoms with Crippen molar-refractivity contribution in [3.8, 4) is 0 Å². The molecule has 3 aromatic heterocycles. The van der Waals surface area contributed by atoms with E-state index in [2.05, 4.69) is 26.2 Å². The Bertz CT molecular complexity index is 1250. The minimum atomic E-state index is -0.454. The molecule has 0 radical (unpaired) electrons. The fourth-order valence-electron chi connectivity index (χ4n) is 3.16. The van der Waals surface area contributed by atoms with Gasteiger partial charge in [-0.15, -0.1) is 11.3 Å². The summed E-state index contributed by atoms with van der Waals surface area (Å²) in [5, 5.41) is 3.83. The SMILES string of the molecule is CCOC(=O)c1c(Nc2ccccc2)sc(C(=O)c2cnc3ccc(Br)cn23)c1C. The first kappa shape index (κ1) is 20.3. The third-order valence-electron chi connectivity index (χ3n) is 4.57. The van der Waals surface area contributed by atoms with Crippen molar-refractivity contribution in [1.29, 1.82) is 0 Å². The maximum absolute atomic E-state index is 13.4. The van der Waals surface area contributed by atoms with Gasteiger partial charge in [0.2, 0.25) is 5.78 Å². The number of rotatable bonds is 6. The second-order valence-corrected chi connectivity index (χ2v) is 8.46. The Morgan fingerprint density at radius 1 is 1.20 bits per heavy atom. The number of carbonyl (C=O) groups excluding carboxylic acids is 2. The first-order chi connectivity index (χ1) is 14.5. The summed E-state index contributed by atoms with van der Waals surface area (Å²) >= 11 is 4.67. The molecule has 1 N–H and O–H groups in total. The molecule has 152 valence electrons. The lowest BCUT2D eigenvalue weighted by Gasteiger charge is -2.07. The molecule has 30 heavy (non-hydrogen) atoms. The molecular weight excluding hydrogens is 466 g/mol. The molecule has 0 fully saturated rings. The molecule has 0 atom stereocenters. The summed E-state index contributed by atoms with van der Waals surface area (Å²) in [6.45, 7) is 3.78. The molecule has 4 aromatic rings. The molecule has 0 amide bonds. The summed E-state index contributed by atoms with van der Waals surface area (Å²) in [4.78, 5) is 30.9. The van der Waals surface area contributed by atoms with Crippen molar-refractivity contribution in [2.75, 3.05) is 11.9 Å². The van der Waals surface area contributed by atoms with Gasteiger partial charge in [-0.3, -0.25) is 9.20 Å². The Balaban J connectivity index is 1.81. The van der Waals surface area contributed by atoms with Crippen molar-refractivity contribution in [1.82, 2.24) is 9.38 Å². The number of esters is 1. The molecule has 0 aliphatic heterocycles. The van der Waals surface area contributed by atoms with Gasteiger partial charge in [-0.25, -0.2) is 9.78 Å². The van der Waals surface area contributed by atoms with Crippen LogP contribution in [0.3, 0.4) is 0 Å². The summed E-state index contributed by atoms with van der Waals surface area (Å²) in [5.74, 6) is -0.653. The number of ketones is 1. The van der Waals surface area contributed by atoms with Crippen LogP contribution in [-0.2, 0) is 4.74 Å². The third-order valence-corrected chi connectivity index (χ3v) is 6.24. The smallest absolute Gasteiger partial charge is 0.341 e. The van der Waals surface area contributed by atoms with Crippen molar-refractivity contribution < 1.29 is 14.3 Å². The van der Waals surface area contributed by atoms with Crippen LogP contribution in [-0.4, -0.2) is 27.7 Å². The highest BCUT2D eigenvalue weighted by Crippen LogP contribution is 2.37. The average molecular weight is 484 g/mol. The molecule has 0 aliphatic rings. The van der Waals surface area contributed by atoms with Gasteiger partial charge in [0.25, 0.3) is 0 Å². The Morgan fingerprint density at radius 2 is 1.97 bits per heavy atom. The highest BCUT2D eigenvalue weighted by Gasteiger charge is 2.27. The number of hydrogen-bond donors (Lipinski definition) is 1. The van der Waals surface area contributed by atoms with Gasteiger partial charge < -0.3 is 10.1 Å². The number of pyridine rings is 1. The molecule has 1 aromatic carbocycles. The highest BCUT2D eigenvalue weighted by atomic mass is 79.9. The van der Waals surface area contributed by atoms with E-state index < -0.39 is 5.97 Å². The van der Waals surface area contributed by atoms with Crippen molar-refractivity contribution in [2.24, 2.45) is 0 Å². The molecular formula is C22H18BrN3O3S. The van der Waals surface area contributed by atoms with Crippen LogP contribution in [0.5, 0.6) is 0 Å². The molecule has 8 heteroatoms. The third kappa shape index (κ3) is 3.76. The Morgan fingerprint density at radius 3 is 2.70 bits per heavy atom. The summed E-state index contributed by atoms with van der Waals surface area (Å²) in [6, 6.07) is 13.2. The van der Waals surface area contributed by atoms with Crippen LogP contribution < -0.4 is 5.32 Å². The van der Waals surface area contributed by atoms with Crippen LogP contribution in [0.4, 0.5) is 10.7 Å². The molecule has 4 rings (SSSR count). The summed E-state index contributed by atoms with van der Waals surface area (Å²) in [6.07, 6.45) is 3.35. The van der Waals surface area contributed by atoms with Crippen molar-refractivity contribution in [3.63, 3.8) is 0 Å². The standard InChI is InChI=1S/C22H18BrN3O3S/c1-3-29-22(28)18-13(2)20(30-21(18)25-15-7-5-4-6-8-15)19(27)16-11-24-17-10-9-14(23)12-26(16)17/h4-12,25H,3H2,1-2H3. The number of benzene rings is 1. The lowest BCUT2D eigenvalue weighted by atomic mass is 10.1. The van der Waals surface area contributed by atoms with Gasteiger partial charge >= 0.3 is 5.97 Å².